The van der Waals surface area contributed by atoms with Gasteiger partial charge in [-0.1, -0.05) is 13.8 Å². The summed E-state index contributed by atoms with van der Waals surface area (Å²) in [6.07, 6.45) is 3.35. The molecule has 6 nitrogen and oxygen atoms in total. The van der Waals surface area contributed by atoms with Crippen molar-refractivity contribution in [3.8, 4) is 16.9 Å². The van der Waals surface area contributed by atoms with Crippen LogP contribution < -0.4 is 10.1 Å². The van der Waals surface area contributed by atoms with Gasteiger partial charge in [-0.2, -0.15) is 5.10 Å². The monoisotopic (exact) mass is 424 g/mol. The van der Waals surface area contributed by atoms with Crippen molar-refractivity contribution >= 4 is 11.7 Å². The van der Waals surface area contributed by atoms with Crippen molar-refractivity contribution in [3.05, 3.63) is 65.2 Å². The van der Waals surface area contributed by atoms with Gasteiger partial charge in [-0.25, -0.2) is 9.18 Å². The lowest BCUT2D eigenvalue weighted by Gasteiger charge is -2.21. The Bertz CT molecular complexity index is 1090. The van der Waals surface area contributed by atoms with E-state index in [0.29, 0.717) is 29.3 Å². The highest BCUT2D eigenvalue weighted by Crippen LogP contribution is 2.30. The first-order chi connectivity index (χ1) is 14.7. The van der Waals surface area contributed by atoms with E-state index in [1.54, 1.807) is 55.3 Å². The SMILES string of the molecule is COc1cc(C)c(CN(C)C(=O)Nc2ccc(-c3cnn(C)c3)c(F)c2)cc1C(C)C. The van der Waals surface area contributed by atoms with Crippen LogP contribution in [0.3, 0.4) is 0 Å². The van der Waals surface area contributed by atoms with Gasteiger partial charge in [0.2, 0.25) is 0 Å². The molecule has 0 bridgehead atoms. The van der Waals surface area contributed by atoms with Crippen LogP contribution in [0.4, 0.5) is 14.9 Å². The number of aromatic nitrogens is 2. The topological polar surface area (TPSA) is 59.4 Å². The molecule has 1 heterocycles. The van der Waals surface area contributed by atoms with Crippen molar-refractivity contribution in [2.45, 2.75) is 33.2 Å². The summed E-state index contributed by atoms with van der Waals surface area (Å²) in [5, 5.41) is 6.84. The second-order valence-corrected chi connectivity index (χ2v) is 8.06. The van der Waals surface area contributed by atoms with E-state index in [1.165, 1.54) is 6.07 Å². The number of hydrogen-bond acceptors (Lipinski definition) is 3. The number of anilines is 1. The molecule has 164 valence electrons. The number of benzene rings is 2. The Kier molecular flexibility index (Phi) is 6.63. The molecule has 3 rings (SSSR count). The molecule has 7 heteroatoms. The highest BCUT2D eigenvalue weighted by Gasteiger charge is 2.16. The number of amides is 2. The zero-order chi connectivity index (χ0) is 22.7. The number of rotatable bonds is 6. The smallest absolute Gasteiger partial charge is 0.321 e. The summed E-state index contributed by atoms with van der Waals surface area (Å²) in [7, 11) is 5.16. The minimum absolute atomic E-state index is 0.301. The van der Waals surface area contributed by atoms with E-state index in [1.807, 2.05) is 13.0 Å². The van der Waals surface area contributed by atoms with Gasteiger partial charge < -0.3 is 15.0 Å². The van der Waals surface area contributed by atoms with Crippen LogP contribution >= 0.6 is 0 Å². The van der Waals surface area contributed by atoms with Gasteiger partial charge in [-0.3, -0.25) is 4.68 Å². The first-order valence-electron chi connectivity index (χ1n) is 10.2. The van der Waals surface area contributed by atoms with Crippen LogP contribution in [0.2, 0.25) is 0 Å². The van der Waals surface area contributed by atoms with Crippen molar-refractivity contribution in [2.75, 3.05) is 19.5 Å². The molecule has 1 N–H and O–H groups in total. The number of nitrogens with one attached hydrogen (secondary N) is 1. The average Bonchev–Trinajstić information content (AvgIpc) is 3.14. The highest BCUT2D eigenvalue weighted by atomic mass is 19.1. The minimum Gasteiger partial charge on any atom is -0.496 e. The van der Waals surface area contributed by atoms with Crippen molar-refractivity contribution in [1.82, 2.24) is 14.7 Å². The quantitative estimate of drug-likeness (QED) is 0.582. The Morgan fingerprint density at radius 3 is 2.61 bits per heavy atom. The maximum absolute atomic E-state index is 14.6. The van der Waals surface area contributed by atoms with Crippen molar-refractivity contribution in [1.29, 1.82) is 0 Å². The number of halogens is 1. The van der Waals surface area contributed by atoms with E-state index in [-0.39, 0.29) is 6.03 Å². The second-order valence-electron chi connectivity index (χ2n) is 8.06. The first-order valence-corrected chi connectivity index (χ1v) is 10.2. The summed E-state index contributed by atoms with van der Waals surface area (Å²) < 4.78 is 21.7. The summed E-state index contributed by atoms with van der Waals surface area (Å²) in [5.74, 6) is 0.739. The predicted octanol–water partition coefficient (Wildman–Crippen LogP) is 5.33. The van der Waals surface area contributed by atoms with Gasteiger partial charge in [-0.15, -0.1) is 0 Å². The molecule has 2 amide bonds. The number of carbonyl (C=O) groups excluding carboxylic acids is 1. The van der Waals surface area contributed by atoms with E-state index in [0.717, 1.165) is 22.4 Å². The van der Waals surface area contributed by atoms with Gasteiger partial charge in [0.05, 0.1) is 13.3 Å². The van der Waals surface area contributed by atoms with Crippen LogP contribution in [0.5, 0.6) is 5.75 Å². The third-order valence-corrected chi connectivity index (χ3v) is 5.30. The van der Waals surface area contributed by atoms with Gasteiger partial charge in [0, 0.05) is 43.7 Å². The highest BCUT2D eigenvalue weighted by molar-refractivity contribution is 5.89. The summed E-state index contributed by atoms with van der Waals surface area (Å²) in [4.78, 5) is 14.3. The molecular formula is C24H29FN4O2. The van der Waals surface area contributed by atoms with Gasteiger partial charge in [-0.05, 0) is 59.9 Å². The number of methoxy groups -OCH3 is 1. The Morgan fingerprint density at radius 1 is 1.29 bits per heavy atom. The van der Waals surface area contributed by atoms with Gasteiger partial charge in [0.15, 0.2) is 0 Å². The van der Waals surface area contributed by atoms with Gasteiger partial charge in [0.25, 0.3) is 0 Å². The van der Waals surface area contributed by atoms with Crippen LogP contribution in [-0.4, -0.2) is 34.9 Å². The number of urea groups is 1. The molecule has 0 fully saturated rings. The van der Waals surface area contributed by atoms with Crippen LogP contribution in [0.15, 0.2) is 42.7 Å². The van der Waals surface area contributed by atoms with E-state index < -0.39 is 5.82 Å². The molecule has 0 spiro atoms. The summed E-state index contributed by atoms with van der Waals surface area (Å²) >= 11 is 0. The molecule has 0 aliphatic carbocycles. The number of hydrogen-bond donors (Lipinski definition) is 1. The number of ether oxygens (including phenoxy) is 1. The summed E-state index contributed by atoms with van der Waals surface area (Å²) in [5.41, 5.74) is 4.72. The average molecular weight is 425 g/mol. The molecule has 3 aromatic rings. The molecule has 0 radical (unpaired) electrons. The van der Waals surface area contributed by atoms with Crippen LogP contribution in [0.25, 0.3) is 11.1 Å². The lowest BCUT2D eigenvalue weighted by Crippen LogP contribution is -2.31. The van der Waals surface area contributed by atoms with Crippen LogP contribution in [-0.2, 0) is 13.6 Å². The molecular weight excluding hydrogens is 395 g/mol. The summed E-state index contributed by atoms with van der Waals surface area (Å²) in [6, 6.07) is 8.43. The van der Waals surface area contributed by atoms with Gasteiger partial charge >= 0.3 is 6.03 Å². The molecule has 31 heavy (non-hydrogen) atoms. The Balaban J connectivity index is 1.73. The number of carbonyl (C=O) groups is 1. The van der Waals surface area contributed by atoms with Crippen molar-refractivity contribution in [3.63, 3.8) is 0 Å². The normalized spacial score (nSPS) is 11.0. The molecule has 1 aromatic heterocycles. The maximum atomic E-state index is 14.6. The molecule has 0 aliphatic rings. The van der Waals surface area contributed by atoms with Crippen molar-refractivity contribution in [2.24, 2.45) is 7.05 Å². The Labute approximate surface area is 182 Å². The fraction of sp³-hybridized carbons (Fsp3) is 0.333. The Hall–Kier alpha value is -3.35. The second kappa shape index (κ2) is 9.20. The predicted molar refractivity (Wildman–Crippen MR) is 121 cm³/mol. The van der Waals surface area contributed by atoms with Crippen molar-refractivity contribution < 1.29 is 13.9 Å². The standard InChI is InChI=1S/C24H29FN4O2/c1-15(2)21-10-17(16(3)9-23(21)31-6)13-28(4)24(30)27-19-7-8-20(22(25)11-19)18-12-26-29(5)14-18/h7-12,14-15H,13H2,1-6H3,(H,27,30). The third kappa shape index (κ3) is 5.05. The fourth-order valence-corrected chi connectivity index (χ4v) is 3.48. The molecule has 0 saturated heterocycles. The zero-order valence-corrected chi connectivity index (χ0v) is 18.9. The maximum Gasteiger partial charge on any atom is 0.321 e. The molecule has 0 atom stereocenters. The third-order valence-electron chi connectivity index (χ3n) is 5.30. The van der Waals surface area contributed by atoms with Crippen LogP contribution in [0.1, 0.15) is 36.5 Å². The lowest BCUT2D eigenvalue weighted by atomic mass is 9.96. The van der Waals surface area contributed by atoms with Gasteiger partial charge in [0.1, 0.15) is 11.6 Å². The number of aryl methyl sites for hydroxylation is 2. The zero-order valence-electron chi connectivity index (χ0n) is 18.9. The van der Waals surface area contributed by atoms with Crippen LogP contribution in [0, 0.1) is 12.7 Å². The molecule has 0 aliphatic heterocycles. The summed E-state index contributed by atoms with van der Waals surface area (Å²) in [6.45, 7) is 6.64. The molecule has 0 unspecified atom stereocenters. The Morgan fingerprint density at radius 2 is 2.03 bits per heavy atom. The lowest BCUT2D eigenvalue weighted by molar-refractivity contribution is 0.220. The number of nitrogens with zero attached hydrogens (tertiary/aromatic N) is 3. The largest absolute Gasteiger partial charge is 0.496 e. The molecule has 0 saturated carbocycles. The molecule has 2 aromatic carbocycles. The van der Waals surface area contributed by atoms with E-state index >= 15 is 0 Å². The minimum atomic E-state index is -0.416. The van der Waals surface area contributed by atoms with E-state index in [4.69, 9.17) is 4.74 Å². The van der Waals surface area contributed by atoms with E-state index in [2.05, 4.69) is 30.3 Å². The first kappa shape index (κ1) is 22.3. The fourth-order valence-electron chi connectivity index (χ4n) is 3.48. The van der Waals surface area contributed by atoms with E-state index in [9.17, 15) is 9.18 Å².